The highest BCUT2D eigenvalue weighted by atomic mass is 127. The second-order valence-electron chi connectivity index (χ2n) is 6.49. The van der Waals surface area contributed by atoms with Crippen molar-refractivity contribution in [3.05, 3.63) is 32.9 Å². The Morgan fingerprint density at radius 1 is 1.00 bits per heavy atom. The molecule has 0 spiro atoms. The fourth-order valence-corrected chi connectivity index (χ4v) is 9.22. The monoisotopic (exact) mass is 408 g/mol. The maximum atomic E-state index is 5.48. The molecule has 0 amide bonds. The van der Waals surface area contributed by atoms with Crippen molar-refractivity contribution in [3.63, 3.8) is 0 Å². The summed E-state index contributed by atoms with van der Waals surface area (Å²) in [6, 6.07) is 6.14. The third-order valence-electron chi connectivity index (χ3n) is 4.41. The topological polar surface area (TPSA) is 0 Å². The zero-order valence-corrected chi connectivity index (χ0v) is 17.1. The third kappa shape index (κ3) is 3.93. The van der Waals surface area contributed by atoms with Crippen molar-refractivity contribution in [2.45, 2.75) is 58.2 Å². The first-order valence-corrected chi connectivity index (χ1v) is 10.9. The van der Waals surface area contributed by atoms with Gasteiger partial charge in [0.1, 0.15) is 8.07 Å². The van der Waals surface area contributed by atoms with Crippen LogP contribution in [0, 0.1) is 27.4 Å². The van der Waals surface area contributed by atoms with E-state index in [1.54, 1.807) is 0 Å². The van der Waals surface area contributed by atoms with Gasteiger partial charge < -0.3 is 0 Å². The Morgan fingerprint density at radius 2 is 1.52 bits per heavy atom. The molecular weight excluding hydrogens is 383 g/mol. The van der Waals surface area contributed by atoms with Gasteiger partial charge in [-0.05, 0) is 57.4 Å². The average molecular weight is 408 g/mol. The minimum atomic E-state index is -1.65. The molecular formula is C19H25ISi. The van der Waals surface area contributed by atoms with Crippen molar-refractivity contribution < 1.29 is 0 Å². The Morgan fingerprint density at radius 3 is 1.90 bits per heavy atom. The smallest absolute Gasteiger partial charge is 0.125 e. The molecule has 1 rings (SSSR count). The maximum Gasteiger partial charge on any atom is 0.146 e. The average Bonchev–Trinajstić information content (AvgIpc) is 2.38. The lowest BCUT2D eigenvalue weighted by Crippen LogP contribution is -2.43. The second kappa shape index (κ2) is 7.52. The van der Waals surface area contributed by atoms with Crippen LogP contribution in [0.25, 0.3) is 0 Å². The lowest BCUT2D eigenvalue weighted by molar-refractivity contribution is 0.838. The molecule has 0 unspecified atom stereocenters. The Balaban J connectivity index is 3.29. The number of halogens is 1. The number of rotatable bonds is 3. The van der Waals surface area contributed by atoms with E-state index < -0.39 is 8.07 Å². The zero-order valence-electron chi connectivity index (χ0n) is 13.9. The van der Waals surface area contributed by atoms with Crippen LogP contribution in [0.1, 0.15) is 52.7 Å². The molecule has 0 radical (unpaired) electrons. The summed E-state index contributed by atoms with van der Waals surface area (Å²) in [6.45, 7) is 14.0. The molecule has 0 nitrogen and oxygen atoms in total. The standard InChI is InChI=1S/C19H25ISi/c1-8-18-10-9-17(13-19(18)20)11-12-21(14(2)3,15(4)5)16(6)7/h1,9-10,13-16H,2-7H3. The number of terminal acetylenes is 1. The van der Waals surface area contributed by atoms with E-state index in [9.17, 15) is 0 Å². The largest absolute Gasteiger partial charge is 0.146 e. The molecule has 0 fully saturated rings. The van der Waals surface area contributed by atoms with Gasteiger partial charge in [0.2, 0.25) is 0 Å². The van der Waals surface area contributed by atoms with Gasteiger partial charge in [0, 0.05) is 14.7 Å². The highest BCUT2D eigenvalue weighted by Gasteiger charge is 2.41. The fourth-order valence-electron chi connectivity index (χ4n) is 3.32. The summed E-state index contributed by atoms with van der Waals surface area (Å²) in [5.74, 6) is 6.16. The summed E-state index contributed by atoms with van der Waals surface area (Å²) in [5.41, 5.74) is 7.76. The summed E-state index contributed by atoms with van der Waals surface area (Å²) >= 11 is 2.29. The minimum absolute atomic E-state index is 0.661. The summed E-state index contributed by atoms with van der Waals surface area (Å²) in [7, 11) is -1.65. The van der Waals surface area contributed by atoms with Crippen molar-refractivity contribution >= 4 is 30.7 Å². The van der Waals surface area contributed by atoms with E-state index in [1.165, 1.54) is 0 Å². The van der Waals surface area contributed by atoms with Crippen molar-refractivity contribution in [1.29, 1.82) is 0 Å². The van der Waals surface area contributed by atoms with Crippen LogP contribution in [-0.4, -0.2) is 8.07 Å². The highest BCUT2D eigenvalue weighted by molar-refractivity contribution is 14.1. The lowest BCUT2D eigenvalue weighted by atomic mass is 10.1. The molecule has 1 aromatic rings. The Labute approximate surface area is 145 Å². The van der Waals surface area contributed by atoms with Crippen LogP contribution in [0.2, 0.25) is 16.6 Å². The van der Waals surface area contributed by atoms with Gasteiger partial charge in [-0.3, -0.25) is 0 Å². The van der Waals surface area contributed by atoms with E-state index in [4.69, 9.17) is 6.42 Å². The van der Waals surface area contributed by atoms with Crippen LogP contribution in [0.4, 0.5) is 0 Å². The van der Waals surface area contributed by atoms with Gasteiger partial charge in [-0.25, -0.2) is 0 Å². The van der Waals surface area contributed by atoms with E-state index in [2.05, 4.69) is 87.6 Å². The molecule has 0 aromatic heterocycles. The molecule has 0 atom stereocenters. The van der Waals surface area contributed by atoms with Gasteiger partial charge in [0.05, 0.1) is 0 Å². The number of benzene rings is 1. The Bertz CT molecular complexity index is 572. The molecule has 0 aliphatic rings. The van der Waals surface area contributed by atoms with E-state index in [1.807, 2.05) is 12.1 Å². The molecule has 1 aromatic carbocycles. The predicted molar refractivity (Wildman–Crippen MR) is 105 cm³/mol. The lowest BCUT2D eigenvalue weighted by Gasteiger charge is -2.38. The summed E-state index contributed by atoms with van der Waals surface area (Å²) in [6.07, 6.45) is 5.48. The molecule has 0 heterocycles. The third-order valence-corrected chi connectivity index (χ3v) is 11.6. The molecule has 2 heteroatoms. The molecule has 112 valence electrons. The van der Waals surface area contributed by atoms with Crippen molar-refractivity contribution in [3.8, 4) is 23.8 Å². The zero-order chi connectivity index (χ0) is 16.2. The highest BCUT2D eigenvalue weighted by Crippen LogP contribution is 2.40. The van der Waals surface area contributed by atoms with Gasteiger partial charge in [-0.15, -0.1) is 12.0 Å². The molecule has 0 saturated heterocycles. The molecule has 0 aliphatic carbocycles. The van der Waals surface area contributed by atoms with Gasteiger partial charge in [0.25, 0.3) is 0 Å². The van der Waals surface area contributed by atoms with Crippen LogP contribution in [0.5, 0.6) is 0 Å². The second-order valence-corrected chi connectivity index (χ2v) is 13.2. The fraction of sp³-hybridized carbons (Fsp3) is 0.474. The first kappa shape index (κ1) is 18.3. The first-order valence-electron chi connectivity index (χ1n) is 7.55. The van der Waals surface area contributed by atoms with Crippen LogP contribution in [-0.2, 0) is 0 Å². The van der Waals surface area contributed by atoms with Crippen molar-refractivity contribution in [2.24, 2.45) is 0 Å². The SMILES string of the molecule is C#Cc1ccc(C#C[Si](C(C)C)(C(C)C)C(C)C)cc1I. The van der Waals surface area contributed by atoms with Crippen LogP contribution >= 0.6 is 22.6 Å². The van der Waals surface area contributed by atoms with Gasteiger partial charge in [-0.2, -0.15) is 0 Å². The van der Waals surface area contributed by atoms with E-state index in [0.717, 1.165) is 14.7 Å². The predicted octanol–water partition coefficient (Wildman–Crippen LogP) is 5.84. The van der Waals surface area contributed by atoms with Crippen LogP contribution in [0.15, 0.2) is 18.2 Å². The number of hydrogen-bond donors (Lipinski definition) is 0. The summed E-state index contributed by atoms with van der Waals surface area (Å²) in [4.78, 5) is 0. The van der Waals surface area contributed by atoms with E-state index in [0.29, 0.717) is 16.6 Å². The molecule has 0 aliphatic heterocycles. The molecule has 21 heavy (non-hydrogen) atoms. The molecule has 0 N–H and O–H groups in total. The van der Waals surface area contributed by atoms with Gasteiger partial charge in [-0.1, -0.05) is 53.4 Å². The quantitative estimate of drug-likeness (QED) is 0.335. The minimum Gasteiger partial charge on any atom is -0.125 e. The summed E-state index contributed by atoms with van der Waals surface area (Å²) < 4.78 is 1.10. The van der Waals surface area contributed by atoms with Crippen molar-refractivity contribution in [1.82, 2.24) is 0 Å². The van der Waals surface area contributed by atoms with Crippen LogP contribution in [0.3, 0.4) is 0 Å². The summed E-state index contributed by atoms with van der Waals surface area (Å²) in [5, 5.41) is 0. The number of hydrogen-bond acceptors (Lipinski definition) is 0. The van der Waals surface area contributed by atoms with Gasteiger partial charge >= 0.3 is 0 Å². The maximum absolute atomic E-state index is 5.48. The van der Waals surface area contributed by atoms with E-state index >= 15 is 0 Å². The molecule has 0 bridgehead atoms. The van der Waals surface area contributed by atoms with Gasteiger partial charge in [0.15, 0.2) is 0 Å². The molecule has 0 saturated carbocycles. The Kier molecular flexibility index (Phi) is 6.57. The van der Waals surface area contributed by atoms with E-state index in [-0.39, 0.29) is 0 Å². The Hall–Kier alpha value is -0.713. The normalized spacial score (nSPS) is 11.5. The van der Waals surface area contributed by atoms with Crippen molar-refractivity contribution in [2.75, 3.05) is 0 Å². The van der Waals surface area contributed by atoms with Crippen LogP contribution < -0.4 is 0 Å². The first-order chi connectivity index (χ1) is 9.75.